The first-order valence-electron chi connectivity index (χ1n) is 7.12. The van der Waals surface area contributed by atoms with Crippen LogP contribution in [0.25, 0.3) is 0 Å². The van der Waals surface area contributed by atoms with E-state index in [-0.39, 0.29) is 18.3 Å². The second-order valence-electron chi connectivity index (χ2n) is 6.11. The van der Waals surface area contributed by atoms with Gasteiger partial charge in [-0.05, 0) is 61.1 Å². The summed E-state index contributed by atoms with van der Waals surface area (Å²) in [5.74, 6) is 2.48. The normalized spacial score (nSPS) is 31.8. The molecule has 1 aromatic carbocycles. The first-order valence-corrected chi connectivity index (χ1v) is 7.12. The van der Waals surface area contributed by atoms with E-state index in [4.69, 9.17) is 0 Å². The fourth-order valence-corrected chi connectivity index (χ4v) is 4.11. The van der Waals surface area contributed by atoms with E-state index in [1.54, 1.807) is 12.1 Å². The SMILES string of the molecule is OCC(CC1CC2CCC1C2)c1cccc(F)c1. The summed E-state index contributed by atoms with van der Waals surface area (Å²) in [7, 11) is 0. The molecule has 18 heavy (non-hydrogen) atoms. The van der Waals surface area contributed by atoms with E-state index in [0.717, 1.165) is 29.7 Å². The Morgan fingerprint density at radius 1 is 1.28 bits per heavy atom. The Hall–Kier alpha value is -0.890. The maximum atomic E-state index is 13.2. The molecule has 2 fully saturated rings. The van der Waals surface area contributed by atoms with Gasteiger partial charge in [0, 0.05) is 12.5 Å². The van der Waals surface area contributed by atoms with Crippen LogP contribution in [-0.4, -0.2) is 11.7 Å². The minimum absolute atomic E-state index is 0.116. The molecule has 1 aromatic rings. The third kappa shape index (κ3) is 2.31. The molecule has 0 amide bonds. The average Bonchev–Trinajstić information content (AvgIpc) is 2.98. The van der Waals surface area contributed by atoms with E-state index in [2.05, 4.69) is 0 Å². The van der Waals surface area contributed by atoms with Gasteiger partial charge in [-0.3, -0.25) is 0 Å². The molecule has 0 spiro atoms. The molecule has 3 rings (SSSR count). The first kappa shape index (κ1) is 12.2. The van der Waals surface area contributed by atoms with Crippen LogP contribution >= 0.6 is 0 Å². The Morgan fingerprint density at radius 2 is 2.17 bits per heavy atom. The van der Waals surface area contributed by atoms with Crippen LogP contribution in [0.2, 0.25) is 0 Å². The van der Waals surface area contributed by atoms with E-state index in [1.807, 2.05) is 6.07 Å². The Kier molecular flexibility index (Phi) is 3.38. The third-order valence-electron chi connectivity index (χ3n) is 5.01. The Labute approximate surface area is 108 Å². The maximum Gasteiger partial charge on any atom is 0.123 e. The molecule has 1 N–H and O–H groups in total. The molecule has 0 radical (unpaired) electrons. The molecule has 0 heterocycles. The molecule has 98 valence electrons. The van der Waals surface area contributed by atoms with Crippen LogP contribution in [-0.2, 0) is 0 Å². The minimum atomic E-state index is -0.195. The van der Waals surface area contributed by atoms with Crippen molar-refractivity contribution < 1.29 is 9.50 Å². The lowest BCUT2D eigenvalue weighted by Gasteiger charge is -2.26. The zero-order valence-electron chi connectivity index (χ0n) is 10.7. The second kappa shape index (κ2) is 5.00. The molecule has 2 heteroatoms. The van der Waals surface area contributed by atoms with Crippen LogP contribution in [0, 0.1) is 23.6 Å². The van der Waals surface area contributed by atoms with Crippen molar-refractivity contribution in [3.63, 3.8) is 0 Å². The highest BCUT2D eigenvalue weighted by atomic mass is 19.1. The monoisotopic (exact) mass is 248 g/mol. The van der Waals surface area contributed by atoms with Gasteiger partial charge in [0.25, 0.3) is 0 Å². The lowest BCUT2D eigenvalue weighted by molar-refractivity contribution is 0.218. The molecule has 4 atom stereocenters. The Bertz CT molecular complexity index is 417. The van der Waals surface area contributed by atoms with Gasteiger partial charge < -0.3 is 5.11 Å². The van der Waals surface area contributed by atoms with Gasteiger partial charge in [-0.15, -0.1) is 0 Å². The third-order valence-corrected chi connectivity index (χ3v) is 5.01. The number of fused-ring (bicyclic) bond motifs is 2. The summed E-state index contributed by atoms with van der Waals surface area (Å²) in [6.07, 6.45) is 6.53. The number of aliphatic hydroxyl groups excluding tert-OH is 1. The molecule has 0 aliphatic heterocycles. The van der Waals surface area contributed by atoms with Gasteiger partial charge in [-0.25, -0.2) is 4.39 Å². The number of halogens is 1. The standard InChI is InChI=1S/C16H21FO/c17-16-3-1-2-12(9-16)15(10-18)8-14-7-11-4-5-13(14)6-11/h1-3,9,11,13-15,18H,4-8,10H2. The molecule has 0 saturated heterocycles. The average molecular weight is 248 g/mol. The molecule has 2 aliphatic rings. The highest BCUT2D eigenvalue weighted by Gasteiger charge is 2.40. The zero-order valence-corrected chi connectivity index (χ0v) is 10.7. The maximum absolute atomic E-state index is 13.2. The number of benzene rings is 1. The van der Waals surface area contributed by atoms with Gasteiger partial charge in [0.2, 0.25) is 0 Å². The second-order valence-corrected chi connectivity index (χ2v) is 6.11. The van der Waals surface area contributed by atoms with Crippen LogP contribution in [0.15, 0.2) is 24.3 Å². The summed E-state index contributed by atoms with van der Waals surface area (Å²) in [6, 6.07) is 6.73. The number of hydrogen-bond donors (Lipinski definition) is 1. The Morgan fingerprint density at radius 3 is 2.78 bits per heavy atom. The van der Waals surface area contributed by atoms with Crippen LogP contribution in [0.5, 0.6) is 0 Å². The van der Waals surface area contributed by atoms with Crippen molar-refractivity contribution in [3.8, 4) is 0 Å². The molecule has 0 aromatic heterocycles. The van der Waals surface area contributed by atoms with Gasteiger partial charge in [0.15, 0.2) is 0 Å². The predicted octanol–water partition coefficient (Wildman–Crippen LogP) is 3.73. The predicted molar refractivity (Wildman–Crippen MR) is 69.8 cm³/mol. The molecule has 2 aliphatic carbocycles. The van der Waals surface area contributed by atoms with Crippen LogP contribution in [0.4, 0.5) is 4.39 Å². The minimum Gasteiger partial charge on any atom is -0.396 e. The summed E-state index contributed by atoms with van der Waals surface area (Å²) in [6.45, 7) is 0.136. The van der Waals surface area contributed by atoms with Gasteiger partial charge in [0.05, 0.1) is 0 Å². The number of aliphatic hydroxyl groups is 1. The van der Waals surface area contributed by atoms with Crippen molar-refractivity contribution in [3.05, 3.63) is 35.6 Å². The highest BCUT2D eigenvalue weighted by molar-refractivity contribution is 5.21. The Balaban J connectivity index is 1.69. The highest BCUT2D eigenvalue weighted by Crippen LogP contribution is 2.51. The fourth-order valence-electron chi connectivity index (χ4n) is 4.11. The quantitative estimate of drug-likeness (QED) is 0.861. The summed E-state index contributed by atoms with van der Waals surface area (Å²) in [4.78, 5) is 0. The lowest BCUT2D eigenvalue weighted by atomic mass is 9.80. The van der Waals surface area contributed by atoms with Gasteiger partial charge in [-0.2, -0.15) is 0 Å². The van der Waals surface area contributed by atoms with Crippen molar-refractivity contribution in [2.45, 2.75) is 38.0 Å². The molecular formula is C16H21FO. The van der Waals surface area contributed by atoms with Crippen molar-refractivity contribution in [1.82, 2.24) is 0 Å². The van der Waals surface area contributed by atoms with E-state index in [1.165, 1.54) is 31.7 Å². The van der Waals surface area contributed by atoms with Gasteiger partial charge in [-0.1, -0.05) is 18.6 Å². The van der Waals surface area contributed by atoms with E-state index >= 15 is 0 Å². The zero-order chi connectivity index (χ0) is 12.5. The van der Waals surface area contributed by atoms with Crippen molar-refractivity contribution in [2.75, 3.05) is 6.61 Å². The van der Waals surface area contributed by atoms with Gasteiger partial charge >= 0.3 is 0 Å². The van der Waals surface area contributed by atoms with Crippen LogP contribution in [0.3, 0.4) is 0 Å². The van der Waals surface area contributed by atoms with Gasteiger partial charge in [0.1, 0.15) is 5.82 Å². The van der Waals surface area contributed by atoms with Crippen molar-refractivity contribution in [2.24, 2.45) is 17.8 Å². The fraction of sp³-hybridized carbons (Fsp3) is 0.625. The smallest absolute Gasteiger partial charge is 0.123 e. The van der Waals surface area contributed by atoms with Crippen LogP contribution in [0.1, 0.15) is 43.6 Å². The van der Waals surface area contributed by atoms with E-state index < -0.39 is 0 Å². The summed E-state index contributed by atoms with van der Waals surface area (Å²) >= 11 is 0. The van der Waals surface area contributed by atoms with Crippen molar-refractivity contribution >= 4 is 0 Å². The topological polar surface area (TPSA) is 20.2 Å². The van der Waals surface area contributed by atoms with Crippen LogP contribution < -0.4 is 0 Å². The first-order chi connectivity index (χ1) is 8.76. The van der Waals surface area contributed by atoms with E-state index in [9.17, 15) is 9.50 Å². The molecular weight excluding hydrogens is 227 g/mol. The summed E-state index contributed by atoms with van der Waals surface area (Å²) in [5.41, 5.74) is 0.959. The van der Waals surface area contributed by atoms with Crippen molar-refractivity contribution in [1.29, 1.82) is 0 Å². The molecule has 1 nitrogen and oxygen atoms in total. The number of hydrogen-bond acceptors (Lipinski definition) is 1. The number of rotatable bonds is 4. The molecule has 2 saturated carbocycles. The molecule has 4 unspecified atom stereocenters. The van der Waals surface area contributed by atoms with E-state index in [0.29, 0.717) is 0 Å². The summed E-state index contributed by atoms with van der Waals surface area (Å²) in [5, 5.41) is 9.58. The lowest BCUT2D eigenvalue weighted by Crippen LogP contribution is -2.16. The summed E-state index contributed by atoms with van der Waals surface area (Å²) < 4.78 is 13.2. The largest absolute Gasteiger partial charge is 0.396 e. The molecule has 2 bridgehead atoms.